The maximum atomic E-state index is 4.56. The van der Waals surface area contributed by atoms with Crippen molar-refractivity contribution in [3.05, 3.63) is 42.2 Å². The quantitative estimate of drug-likeness (QED) is 0.839. The van der Waals surface area contributed by atoms with Gasteiger partial charge in [-0.1, -0.05) is 13.8 Å². The van der Waals surface area contributed by atoms with Gasteiger partial charge in [0.05, 0.1) is 11.4 Å². The number of hydrogen-bond donors (Lipinski definition) is 1. The van der Waals surface area contributed by atoms with Crippen LogP contribution in [0.4, 0.5) is 0 Å². The van der Waals surface area contributed by atoms with E-state index in [0.29, 0.717) is 6.04 Å². The van der Waals surface area contributed by atoms with E-state index in [1.54, 1.807) is 11.8 Å². The molecular weight excluding hydrogens is 242 g/mol. The smallest absolute Gasteiger partial charge is 0.0766 e. The van der Waals surface area contributed by atoms with Crippen molar-refractivity contribution in [3.8, 4) is 5.69 Å². The van der Waals surface area contributed by atoms with Gasteiger partial charge in [-0.15, -0.1) is 11.8 Å². The molecular formula is C14H19N3S. The lowest BCUT2D eigenvalue weighted by molar-refractivity contribution is 0.578. The molecule has 1 aromatic carbocycles. The highest BCUT2D eigenvalue weighted by molar-refractivity contribution is 7.98. The fraction of sp³-hybridized carbons (Fsp3) is 0.357. The topological polar surface area (TPSA) is 29.9 Å². The van der Waals surface area contributed by atoms with Crippen molar-refractivity contribution in [2.45, 2.75) is 31.3 Å². The Morgan fingerprint density at radius 1 is 1.22 bits per heavy atom. The van der Waals surface area contributed by atoms with Crippen LogP contribution >= 0.6 is 11.8 Å². The number of hydrogen-bond acceptors (Lipinski definition) is 3. The average Bonchev–Trinajstić information content (AvgIpc) is 2.85. The van der Waals surface area contributed by atoms with Gasteiger partial charge in [0.25, 0.3) is 0 Å². The SMILES string of the molecule is CSc1ccc(-n2ccc(CNC(C)C)n2)cc1. The normalized spacial score (nSPS) is 11.1. The fourth-order valence-electron chi connectivity index (χ4n) is 1.64. The standard InChI is InChI=1S/C14H19N3S/c1-11(2)15-10-12-8-9-17(16-12)13-4-6-14(18-3)7-5-13/h4-9,11,15H,10H2,1-3H3. The van der Waals surface area contributed by atoms with Gasteiger partial charge in [0.2, 0.25) is 0 Å². The van der Waals surface area contributed by atoms with Gasteiger partial charge < -0.3 is 5.32 Å². The molecule has 2 aromatic rings. The molecule has 0 aliphatic carbocycles. The number of nitrogens with zero attached hydrogens (tertiary/aromatic N) is 2. The first-order valence-electron chi connectivity index (χ1n) is 6.11. The van der Waals surface area contributed by atoms with Gasteiger partial charge in [-0.2, -0.15) is 5.10 Å². The van der Waals surface area contributed by atoms with Gasteiger partial charge in [0.1, 0.15) is 0 Å². The van der Waals surface area contributed by atoms with Gasteiger partial charge >= 0.3 is 0 Å². The van der Waals surface area contributed by atoms with E-state index in [4.69, 9.17) is 0 Å². The number of nitrogens with one attached hydrogen (secondary N) is 1. The molecule has 0 aliphatic heterocycles. The maximum absolute atomic E-state index is 4.56. The van der Waals surface area contributed by atoms with Gasteiger partial charge in [0.15, 0.2) is 0 Å². The summed E-state index contributed by atoms with van der Waals surface area (Å²) >= 11 is 1.75. The van der Waals surface area contributed by atoms with Crippen LogP contribution in [0.2, 0.25) is 0 Å². The lowest BCUT2D eigenvalue weighted by Crippen LogP contribution is -2.22. The summed E-state index contributed by atoms with van der Waals surface area (Å²) < 4.78 is 1.92. The first kappa shape index (κ1) is 13.2. The molecule has 4 heteroatoms. The van der Waals surface area contributed by atoms with Crippen LogP contribution in [-0.4, -0.2) is 22.1 Å². The van der Waals surface area contributed by atoms with Gasteiger partial charge in [-0.05, 0) is 36.6 Å². The molecule has 0 bridgehead atoms. The highest BCUT2D eigenvalue weighted by Crippen LogP contribution is 2.16. The minimum atomic E-state index is 0.482. The van der Waals surface area contributed by atoms with Crippen LogP contribution < -0.4 is 5.32 Å². The van der Waals surface area contributed by atoms with Crippen molar-refractivity contribution >= 4 is 11.8 Å². The summed E-state index contributed by atoms with van der Waals surface area (Å²) in [7, 11) is 0. The molecule has 0 aliphatic rings. The Labute approximate surface area is 113 Å². The number of thioether (sulfide) groups is 1. The van der Waals surface area contributed by atoms with Crippen LogP contribution in [0.25, 0.3) is 5.69 Å². The van der Waals surface area contributed by atoms with Crippen LogP contribution in [-0.2, 0) is 6.54 Å². The third-order valence-corrected chi connectivity index (χ3v) is 3.42. The highest BCUT2D eigenvalue weighted by atomic mass is 32.2. The van der Waals surface area contributed by atoms with Crippen LogP contribution in [0.3, 0.4) is 0 Å². The first-order valence-corrected chi connectivity index (χ1v) is 7.34. The lowest BCUT2D eigenvalue weighted by atomic mass is 10.3. The summed E-state index contributed by atoms with van der Waals surface area (Å²) in [5.74, 6) is 0. The zero-order valence-electron chi connectivity index (χ0n) is 11.1. The van der Waals surface area contributed by atoms with E-state index in [1.807, 2.05) is 10.9 Å². The van der Waals surface area contributed by atoms with Crippen LogP contribution in [0.15, 0.2) is 41.4 Å². The van der Waals surface area contributed by atoms with Crippen molar-refractivity contribution in [1.29, 1.82) is 0 Å². The molecule has 0 amide bonds. The summed E-state index contributed by atoms with van der Waals surface area (Å²) in [6, 6.07) is 11.0. The third-order valence-electron chi connectivity index (χ3n) is 2.67. The van der Waals surface area contributed by atoms with E-state index in [2.05, 4.69) is 60.9 Å². The summed E-state index contributed by atoms with van der Waals surface area (Å²) in [6.07, 6.45) is 4.09. The zero-order valence-corrected chi connectivity index (χ0v) is 11.9. The minimum Gasteiger partial charge on any atom is -0.309 e. The number of aromatic nitrogens is 2. The van der Waals surface area contributed by atoms with E-state index in [-0.39, 0.29) is 0 Å². The molecule has 1 aromatic heterocycles. The molecule has 0 unspecified atom stereocenters. The van der Waals surface area contributed by atoms with Crippen LogP contribution in [0.5, 0.6) is 0 Å². The van der Waals surface area contributed by atoms with E-state index in [0.717, 1.165) is 17.9 Å². The molecule has 96 valence electrons. The van der Waals surface area contributed by atoms with Crippen molar-refractivity contribution in [2.75, 3.05) is 6.26 Å². The van der Waals surface area contributed by atoms with Crippen molar-refractivity contribution in [3.63, 3.8) is 0 Å². The molecule has 2 rings (SSSR count). The average molecular weight is 261 g/mol. The lowest BCUT2D eigenvalue weighted by Gasteiger charge is -2.05. The Morgan fingerprint density at radius 3 is 2.56 bits per heavy atom. The molecule has 1 heterocycles. The van der Waals surface area contributed by atoms with Crippen molar-refractivity contribution in [2.24, 2.45) is 0 Å². The molecule has 0 spiro atoms. The highest BCUT2D eigenvalue weighted by Gasteiger charge is 2.02. The Bertz CT molecular complexity index is 488. The van der Waals surface area contributed by atoms with Gasteiger partial charge in [-0.25, -0.2) is 4.68 Å². The third kappa shape index (κ3) is 3.37. The van der Waals surface area contributed by atoms with Crippen molar-refractivity contribution in [1.82, 2.24) is 15.1 Å². The van der Waals surface area contributed by atoms with Crippen molar-refractivity contribution < 1.29 is 0 Å². The number of rotatable bonds is 5. The second-order valence-electron chi connectivity index (χ2n) is 4.49. The zero-order chi connectivity index (χ0) is 13.0. The molecule has 0 fully saturated rings. The van der Waals surface area contributed by atoms with E-state index in [9.17, 15) is 0 Å². The fourth-order valence-corrected chi connectivity index (χ4v) is 2.05. The second-order valence-corrected chi connectivity index (χ2v) is 5.36. The molecule has 0 saturated heterocycles. The van der Waals surface area contributed by atoms with Crippen LogP contribution in [0, 0.1) is 0 Å². The van der Waals surface area contributed by atoms with E-state index >= 15 is 0 Å². The summed E-state index contributed by atoms with van der Waals surface area (Å²) in [4.78, 5) is 1.27. The molecule has 0 radical (unpaired) electrons. The minimum absolute atomic E-state index is 0.482. The molecule has 0 atom stereocenters. The predicted molar refractivity (Wildman–Crippen MR) is 77.3 cm³/mol. The summed E-state index contributed by atoms with van der Waals surface area (Å²) in [5, 5.41) is 7.92. The second kappa shape index (κ2) is 6.07. The Morgan fingerprint density at radius 2 is 1.94 bits per heavy atom. The number of benzene rings is 1. The van der Waals surface area contributed by atoms with Crippen LogP contribution in [0.1, 0.15) is 19.5 Å². The molecule has 18 heavy (non-hydrogen) atoms. The molecule has 1 N–H and O–H groups in total. The Hall–Kier alpha value is -1.26. The first-order chi connectivity index (χ1) is 8.69. The predicted octanol–water partition coefficient (Wildman–Crippen LogP) is 3.09. The maximum Gasteiger partial charge on any atom is 0.0766 e. The monoisotopic (exact) mass is 261 g/mol. The summed E-state index contributed by atoms with van der Waals surface area (Å²) in [5.41, 5.74) is 2.17. The van der Waals surface area contributed by atoms with E-state index < -0.39 is 0 Å². The van der Waals surface area contributed by atoms with Gasteiger partial charge in [-0.3, -0.25) is 0 Å². The Kier molecular flexibility index (Phi) is 4.44. The molecule has 0 saturated carbocycles. The molecule has 3 nitrogen and oxygen atoms in total. The van der Waals surface area contributed by atoms with E-state index in [1.165, 1.54) is 4.90 Å². The van der Waals surface area contributed by atoms with Gasteiger partial charge in [0, 0.05) is 23.7 Å². The Balaban J connectivity index is 2.08. The largest absolute Gasteiger partial charge is 0.309 e. The summed E-state index contributed by atoms with van der Waals surface area (Å²) in [6.45, 7) is 5.09.